The third kappa shape index (κ3) is 4.02. The number of hydrogen-bond donors (Lipinski definition) is 2. The molecular weight excluding hydrogens is 406 g/mol. The van der Waals surface area contributed by atoms with Crippen molar-refractivity contribution in [1.82, 2.24) is 10.2 Å². The summed E-state index contributed by atoms with van der Waals surface area (Å²) in [6.07, 6.45) is 3.69. The van der Waals surface area contributed by atoms with Crippen molar-refractivity contribution in [2.24, 2.45) is 0 Å². The zero-order valence-corrected chi connectivity index (χ0v) is 16.7. The largest absolute Gasteiger partial charge is 0.484 e. The number of aliphatic carboxylic acids is 1. The van der Waals surface area contributed by atoms with Gasteiger partial charge in [-0.1, -0.05) is 24.3 Å². The fourth-order valence-corrected chi connectivity index (χ4v) is 4.78. The van der Waals surface area contributed by atoms with Crippen LogP contribution in [0.5, 0.6) is 5.75 Å². The summed E-state index contributed by atoms with van der Waals surface area (Å²) in [5, 5.41) is 12.0. The van der Waals surface area contributed by atoms with E-state index in [0.717, 1.165) is 0 Å². The van der Waals surface area contributed by atoms with E-state index in [1.807, 2.05) is 41.2 Å². The van der Waals surface area contributed by atoms with E-state index in [4.69, 9.17) is 4.74 Å². The van der Waals surface area contributed by atoms with Gasteiger partial charge in [0.25, 0.3) is 11.8 Å². The van der Waals surface area contributed by atoms with Gasteiger partial charge in [0.15, 0.2) is 25.5 Å². The van der Waals surface area contributed by atoms with E-state index in [2.05, 4.69) is 5.32 Å². The summed E-state index contributed by atoms with van der Waals surface area (Å²) in [7, 11) is 0. The minimum Gasteiger partial charge on any atom is -0.484 e. The Morgan fingerprint density at radius 1 is 1.17 bits per heavy atom. The monoisotopic (exact) mass is 426 g/mol. The topological polar surface area (TPSA) is 99.8 Å². The Hall–Kier alpha value is -3.33. The van der Waals surface area contributed by atoms with Gasteiger partial charge >= 0.3 is 5.97 Å². The molecule has 0 bridgehead atoms. The molecule has 0 radical (unpaired) electrons. The van der Waals surface area contributed by atoms with Gasteiger partial charge in [0.2, 0.25) is 0 Å². The Balaban J connectivity index is 1.42. The standard InChI is InChI=1S/C21H19N3O5S/c25-16(12-29-15-7-3-1-4-8-15)22-17-19(26)24-18(21(27)28)14(13-30-20(17)24)11-23-9-5-2-6-10-23/h1-10,17,20H,11-13H2,(H-,22,25,27,28)/p+1. The molecule has 2 atom stereocenters. The van der Waals surface area contributed by atoms with Gasteiger partial charge in [-0.2, -0.15) is 0 Å². The number of rotatable bonds is 7. The molecule has 1 aromatic carbocycles. The fraction of sp³-hybridized carbons (Fsp3) is 0.238. The lowest BCUT2D eigenvalue weighted by Crippen LogP contribution is -2.71. The maximum Gasteiger partial charge on any atom is 0.352 e. The third-order valence-electron chi connectivity index (χ3n) is 4.83. The lowest BCUT2D eigenvalue weighted by atomic mass is 10.0. The van der Waals surface area contributed by atoms with Crippen molar-refractivity contribution in [2.45, 2.75) is 18.0 Å². The number of thioether (sulfide) groups is 1. The molecule has 8 nitrogen and oxygen atoms in total. The zero-order valence-electron chi connectivity index (χ0n) is 15.9. The lowest BCUT2D eigenvalue weighted by Gasteiger charge is -2.49. The van der Waals surface area contributed by atoms with Gasteiger partial charge in [-0.15, -0.1) is 11.8 Å². The van der Waals surface area contributed by atoms with Crippen LogP contribution < -0.4 is 14.6 Å². The van der Waals surface area contributed by atoms with Crippen LogP contribution in [-0.2, 0) is 20.9 Å². The molecule has 2 amide bonds. The van der Waals surface area contributed by atoms with Crippen molar-refractivity contribution in [3.63, 3.8) is 0 Å². The number of carbonyl (C=O) groups excluding carboxylic acids is 2. The number of pyridine rings is 1. The molecule has 2 unspecified atom stereocenters. The van der Waals surface area contributed by atoms with E-state index in [1.54, 1.807) is 24.3 Å². The van der Waals surface area contributed by atoms with E-state index in [1.165, 1.54) is 16.7 Å². The van der Waals surface area contributed by atoms with Gasteiger partial charge in [0.05, 0.1) is 0 Å². The first kappa shape index (κ1) is 20.0. The van der Waals surface area contributed by atoms with Crippen LogP contribution in [0.1, 0.15) is 0 Å². The molecule has 2 aromatic rings. The summed E-state index contributed by atoms with van der Waals surface area (Å²) < 4.78 is 7.27. The number of carboxylic acid groups (broad SMARTS) is 1. The highest BCUT2D eigenvalue weighted by Crippen LogP contribution is 2.40. The van der Waals surface area contributed by atoms with Crippen LogP contribution in [0, 0.1) is 0 Å². The summed E-state index contributed by atoms with van der Waals surface area (Å²) in [6.45, 7) is 0.163. The van der Waals surface area contributed by atoms with Crippen molar-refractivity contribution in [2.75, 3.05) is 12.4 Å². The van der Waals surface area contributed by atoms with Crippen LogP contribution in [0.3, 0.4) is 0 Å². The van der Waals surface area contributed by atoms with Crippen molar-refractivity contribution in [1.29, 1.82) is 0 Å². The van der Waals surface area contributed by atoms with Crippen LogP contribution >= 0.6 is 11.8 Å². The van der Waals surface area contributed by atoms with Gasteiger partial charge < -0.3 is 15.2 Å². The van der Waals surface area contributed by atoms with Crippen LogP contribution in [0.4, 0.5) is 0 Å². The van der Waals surface area contributed by atoms with Gasteiger partial charge in [-0.3, -0.25) is 14.5 Å². The first-order valence-electron chi connectivity index (χ1n) is 9.36. The average molecular weight is 426 g/mol. The minimum absolute atomic E-state index is 0.00568. The smallest absolute Gasteiger partial charge is 0.352 e. The molecule has 0 spiro atoms. The molecule has 4 rings (SSSR count). The summed E-state index contributed by atoms with van der Waals surface area (Å²) in [5.74, 6) is -0.972. The molecule has 0 aliphatic carbocycles. The Morgan fingerprint density at radius 2 is 1.87 bits per heavy atom. The van der Waals surface area contributed by atoms with E-state index >= 15 is 0 Å². The molecule has 9 heteroatoms. The maximum absolute atomic E-state index is 12.7. The maximum atomic E-state index is 12.7. The van der Waals surface area contributed by atoms with Gasteiger partial charge in [-0.05, 0) is 12.1 Å². The minimum atomic E-state index is -1.14. The van der Waals surface area contributed by atoms with Crippen molar-refractivity contribution >= 4 is 29.5 Å². The number of carbonyl (C=O) groups is 3. The number of nitrogens with one attached hydrogen (secondary N) is 1. The SMILES string of the molecule is O=C(COc1ccccc1)NC1C(=O)N2C(C(=O)O)=C(C[n+]3ccccc3)CSC12. The van der Waals surface area contributed by atoms with Gasteiger partial charge in [0.1, 0.15) is 22.9 Å². The number of nitrogens with zero attached hydrogens (tertiary/aromatic N) is 2. The number of ether oxygens (including phenoxy) is 1. The number of carboxylic acids is 1. The molecule has 30 heavy (non-hydrogen) atoms. The fourth-order valence-electron chi connectivity index (χ4n) is 3.45. The highest BCUT2D eigenvalue weighted by Gasteiger charge is 2.54. The summed E-state index contributed by atoms with van der Waals surface area (Å²) in [5.41, 5.74) is 0.664. The summed E-state index contributed by atoms with van der Waals surface area (Å²) in [4.78, 5) is 38.1. The number of fused-ring (bicyclic) bond motifs is 1. The average Bonchev–Trinajstić information content (AvgIpc) is 2.77. The zero-order chi connectivity index (χ0) is 21.1. The molecule has 0 saturated carbocycles. The molecule has 2 aliphatic heterocycles. The second-order valence-electron chi connectivity index (χ2n) is 6.86. The lowest BCUT2D eigenvalue weighted by molar-refractivity contribution is -0.689. The van der Waals surface area contributed by atoms with E-state index < -0.39 is 29.2 Å². The normalized spacial score (nSPS) is 20.3. The molecule has 154 valence electrons. The summed E-state index contributed by atoms with van der Waals surface area (Å²) >= 11 is 1.44. The molecule has 3 heterocycles. The predicted octanol–water partition coefficient (Wildman–Crippen LogP) is 0.792. The second-order valence-corrected chi connectivity index (χ2v) is 7.97. The number of para-hydroxylation sites is 1. The highest BCUT2D eigenvalue weighted by atomic mass is 32.2. The van der Waals surface area contributed by atoms with Crippen LogP contribution in [0.2, 0.25) is 0 Å². The van der Waals surface area contributed by atoms with E-state index in [9.17, 15) is 19.5 Å². The van der Waals surface area contributed by atoms with Crippen LogP contribution in [0.15, 0.2) is 72.2 Å². The predicted molar refractivity (Wildman–Crippen MR) is 108 cm³/mol. The van der Waals surface area contributed by atoms with Crippen molar-refractivity contribution in [3.8, 4) is 5.75 Å². The Labute approximate surface area is 177 Å². The number of amides is 2. The first-order valence-corrected chi connectivity index (χ1v) is 10.4. The Kier molecular flexibility index (Phi) is 5.71. The van der Waals surface area contributed by atoms with E-state index in [-0.39, 0.29) is 12.3 Å². The molecule has 1 aromatic heterocycles. The van der Waals surface area contributed by atoms with Crippen molar-refractivity contribution < 1.29 is 28.8 Å². The number of hydrogen-bond acceptors (Lipinski definition) is 5. The second kappa shape index (κ2) is 8.58. The molecular formula is C21H20N3O5S+. The molecule has 1 fully saturated rings. The van der Waals surface area contributed by atoms with Gasteiger partial charge in [-0.25, -0.2) is 9.36 Å². The van der Waals surface area contributed by atoms with Crippen LogP contribution in [-0.4, -0.2) is 51.6 Å². The highest BCUT2D eigenvalue weighted by molar-refractivity contribution is 8.00. The van der Waals surface area contributed by atoms with Crippen molar-refractivity contribution in [3.05, 3.63) is 72.2 Å². The third-order valence-corrected chi connectivity index (χ3v) is 6.17. The Morgan fingerprint density at radius 3 is 2.57 bits per heavy atom. The number of benzene rings is 1. The first-order chi connectivity index (χ1) is 14.5. The molecule has 1 saturated heterocycles. The number of aromatic nitrogens is 1. The molecule has 2 N–H and O–H groups in total. The van der Waals surface area contributed by atoms with E-state index in [0.29, 0.717) is 23.6 Å². The molecule has 2 aliphatic rings. The van der Waals surface area contributed by atoms with Gasteiger partial charge in [0, 0.05) is 23.5 Å². The van der Waals surface area contributed by atoms with Crippen LogP contribution in [0.25, 0.3) is 0 Å². The quantitative estimate of drug-likeness (QED) is 0.502. The Bertz CT molecular complexity index is 996. The summed E-state index contributed by atoms with van der Waals surface area (Å²) in [6, 6.07) is 13.7. The number of β-lactam (4-membered cyclic amide) rings is 1.